The van der Waals surface area contributed by atoms with Crippen molar-refractivity contribution >= 4 is 42.8 Å². The number of aromatic nitrogens is 2. The van der Waals surface area contributed by atoms with Gasteiger partial charge in [0.25, 0.3) is 0 Å². The minimum Gasteiger partial charge on any atom is -0.393 e. The summed E-state index contributed by atoms with van der Waals surface area (Å²) in [7, 11) is 0. The molecular weight excluding hydrogens is 689 g/mol. The molecule has 7 heteroatoms. The van der Waals surface area contributed by atoms with Crippen molar-refractivity contribution in [1.82, 2.24) is 9.97 Å². The van der Waals surface area contributed by atoms with E-state index in [4.69, 9.17) is 10.2 Å². The first-order valence-corrected chi connectivity index (χ1v) is 13.6. The molecule has 0 spiro atoms. The predicted molar refractivity (Wildman–Crippen MR) is 156 cm³/mol. The Morgan fingerprint density at radius 1 is 0.632 bits per heavy atom. The molecule has 197 valence electrons. The molecule has 0 fully saturated rings. The maximum Gasteiger partial charge on any atom is 0.0536 e. The maximum absolute atomic E-state index is 8.56. The fourth-order valence-electron chi connectivity index (χ4n) is 3.55. The van der Waals surface area contributed by atoms with Gasteiger partial charge < -0.3 is 20.2 Å². The Hall–Kier alpha value is -2.77. The maximum atomic E-state index is 8.56. The van der Waals surface area contributed by atoms with E-state index in [2.05, 4.69) is 58.5 Å². The van der Waals surface area contributed by atoms with E-state index in [-0.39, 0.29) is 32.3 Å². The van der Waals surface area contributed by atoms with Gasteiger partial charge in [0, 0.05) is 43.9 Å². The zero-order valence-electron chi connectivity index (χ0n) is 21.0. The first kappa shape index (κ1) is 29.8. The third-order valence-corrected chi connectivity index (χ3v) is 7.35. The van der Waals surface area contributed by atoms with Gasteiger partial charge in [-0.05, 0) is 51.6 Å². The summed E-state index contributed by atoms with van der Waals surface area (Å²) >= 11 is 3.46. The molecule has 4 aromatic heterocycles. The fourth-order valence-corrected chi connectivity index (χ4v) is 5.52. The van der Waals surface area contributed by atoms with Crippen LogP contribution in [0.1, 0.15) is 20.3 Å². The second-order valence-electron chi connectivity index (χ2n) is 8.47. The Kier molecular flexibility index (Phi) is 11.7. The van der Waals surface area contributed by atoms with Crippen LogP contribution in [0.3, 0.4) is 0 Å². The van der Waals surface area contributed by atoms with E-state index in [1.165, 1.54) is 20.2 Å². The van der Waals surface area contributed by atoms with Gasteiger partial charge >= 0.3 is 0 Å². The van der Waals surface area contributed by atoms with E-state index < -0.39 is 0 Å². The molecule has 0 aliphatic rings. The number of pyridine rings is 2. The van der Waals surface area contributed by atoms with Crippen molar-refractivity contribution in [1.29, 1.82) is 0 Å². The Morgan fingerprint density at radius 3 is 1.34 bits per heavy atom. The zero-order chi connectivity index (χ0) is 26.0. The van der Waals surface area contributed by atoms with E-state index in [9.17, 15) is 0 Å². The largest absolute Gasteiger partial charge is 0.393 e. The van der Waals surface area contributed by atoms with Crippen LogP contribution in [0.15, 0.2) is 97.3 Å². The molecule has 2 aromatic carbocycles. The minimum atomic E-state index is -0.375. The molecule has 38 heavy (non-hydrogen) atoms. The van der Waals surface area contributed by atoms with E-state index in [1.807, 2.05) is 60.9 Å². The number of benzene rings is 2. The van der Waals surface area contributed by atoms with Gasteiger partial charge in [0.1, 0.15) is 0 Å². The van der Waals surface area contributed by atoms with Gasteiger partial charge in [-0.2, -0.15) is 0 Å². The van der Waals surface area contributed by atoms with Crippen LogP contribution in [-0.2, 0) is 20.1 Å². The van der Waals surface area contributed by atoms with Crippen molar-refractivity contribution in [2.75, 3.05) is 0 Å². The number of hydrogen-bond donors (Lipinski definition) is 2. The molecule has 2 N–H and O–H groups in total. The average Bonchev–Trinajstić information content (AvgIpc) is 3.54. The quantitative estimate of drug-likeness (QED) is 0.184. The van der Waals surface area contributed by atoms with Crippen LogP contribution in [0.4, 0.5) is 0 Å². The molecule has 4 heterocycles. The van der Waals surface area contributed by atoms with Gasteiger partial charge in [0.2, 0.25) is 0 Å². The number of rotatable bonds is 4. The van der Waals surface area contributed by atoms with Crippen LogP contribution in [0, 0.1) is 12.1 Å². The third kappa shape index (κ3) is 8.63. The van der Waals surface area contributed by atoms with E-state index in [0.717, 1.165) is 21.1 Å². The molecule has 2 unspecified atom stereocenters. The van der Waals surface area contributed by atoms with Crippen LogP contribution in [0.2, 0.25) is 0 Å². The summed E-state index contributed by atoms with van der Waals surface area (Å²) in [5.41, 5.74) is 2.00. The monoisotopic (exact) mass is 717 g/mol. The summed E-state index contributed by atoms with van der Waals surface area (Å²) in [5, 5.41) is 19.5. The molecule has 0 aliphatic heterocycles. The molecule has 0 saturated heterocycles. The van der Waals surface area contributed by atoms with Crippen molar-refractivity contribution in [3.8, 4) is 21.1 Å². The molecule has 0 bridgehead atoms. The Balaban J connectivity index is 0.000000167. The molecule has 4 nitrogen and oxygen atoms in total. The number of aliphatic hydroxyl groups excluding tert-OH is 2. The van der Waals surface area contributed by atoms with Gasteiger partial charge in [0.05, 0.1) is 12.2 Å². The molecule has 0 amide bonds. The van der Waals surface area contributed by atoms with Gasteiger partial charge in [-0.25, -0.2) is 22.7 Å². The fraction of sp³-hybridized carbons (Fsp3) is 0.161. The predicted octanol–water partition coefficient (Wildman–Crippen LogP) is 7.66. The summed E-state index contributed by atoms with van der Waals surface area (Å²) in [6.45, 7) is 3.32. The molecule has 0 saturated carbocycles. The van der Waals surface area contributed by atoms with E-state index in [0.29, 0.717) is 6.42 Å². The van der Waals surface area contributed by atoms with Crippen molar-refractivity contribution in [2.45, 2.75) is 32.5 Å². The summed E-state index contributed by atoms with van der Waals surface area (Å²) in [5.74, 6) is 0. The smallest absolute Gasteiger partial charge is 0.0536 e. The first-order chi connectivity index (χ1) is 18.0. The van der Waals surface area contributed by atoms with Crippen LogP contribution >= 0.6 is 22.7 Å². The van der Waals surface area contributed by atoms with Crippen LogP contribution in [0.5, 0.6) is 0 Å². The molecule has 0 aliphatic carbocycles. The second-order valence-corrected chi connectivity index (χ2v) is 10.6. The van der Waals surface area contributed by atoms with Crippen molar-refractivity contribution < 1.29 is 30.3 Å². The summed E-state index contributed by atoms with van der Waals surface area (Å²) in [6, 6.07) is 35.2. The number of nitrogens with zero attached hydrogens (tertiary/aromatic N) is 2. The number of thiophene rings is 2. The van der Waals surface area contributed by atoms with E-state index in [1.54, 1.807) is 36.5 Å². The number of hydrogen-bond acceptors (Lipinski definition) is 6. The molecular formula is C31H28IrN2O2S2-2. The van der Waals surface area contributed by atoms with Crippen molar-refractivity contribution in [3.05, 3.63) is 109 Å². The summed E-state index contributed by atoms with van der Waals surface area (Å²) in [6.07, 6.45) is 3.35. The summed E-state index contributed by atoms with van der Waals surface area (Å²) < 4.78 is 2.52. The number of aliphatic hydroxyl groups is 2. The van der Waals surface area contributed by atoms with Crippen molar-refractivity contribution in [2.24, 2.45) is 0 Å². The molecule has 1 radical (unpaired) electrons. The normalized spacial score (nSPS) is 11.9. The van der Waals surface area contributed by atoms with Gasteiger partial charge in [-0.3, -0.25) is 0 Å². The second kappa shape index (κ2) is 15.0. The van der Waals surface area contributed by atoms with Crippen LogP contribution in [-0.4, -0.2) is 32.4 Å². The zero-order valence-corrected chi connectivity index (χ0v) is 25.1. The number of fused-ring (bicyclic) bond motifs is 2. The molecule has 6 aromatic rings. The summed E-state index contributed by atoms with van der Waals surface area (Å²) in [4.78, 5) is 10.9. The Bertz CT molecular complexity index is 1340. The first-order valence-electron chi connectivity index (χ1n) is 12.0. The van der Waals surface area contributed by atoms with Gasteiger partial charge in [-0.15, -0.1) is 47.2 Å². The third-order valence-electron chi connectivity index (χ3n) is 5.17. The topological polar surface area (TPSA) is 66.2 Å². The van der Waals surface area contributed by atoms with Gasteiger partial charge in [0.15, 0.2) is 0 Å². The van der Waals surface area contributed by atoms with Crippen molar-refractivity contribution in [3.63, 3.8) is 0 Å². The SMILES string of the molecule is CC(O)CC(C)O.[Ir].[c-]1c(-c2ccccn2)sc2ccccc12.[c-]1c(-c2ccccn2)sc2ccccc12. The van der Waals surface area contributed by atoms with Crippen LogP contribution < -0.4 is 0 Å². The molecule has 6 rings (SSSR count). The minimum absolute atomic E-state index is 0. The Morgan fingerprint density at radius 2 is 1.03 bits per heavy atom. The standard InChI is InChI=1S/2C13H8NS.C5H12O2.Ir/c2*1-2-7-12-10(5-1)9-13(15-12)11-6-3-4-8-14-11;1-4(6)3-5(2)7;/h2*1-8H;4-7H,3H2,1-2H3;/q2*-1;;. The van der Waals surface area contributed by atoms with E-state index >= 15 is 0 Å². The van der Waals surface area contributed by atoms with Gasteiger partial charge in [-0.1, -0.05) is 48.5 Å². The van der Waals surface area contributed by atoms with Crippen LogP contribution in [0.25, 0.3) is 41.3 Å². The molecule has 2 atom stereocenters. The Labute approximate surface area is 245 Å². The average molecular weight is 717 g/mol.